The van der Waals surface area contributed by atoms with Crippen molar-refractivity contribution in [3.63, 3.8) is 0 Å². The highest BCUT2D eigenvalue weighted by molar-refractivity contribution is 5.32. The van der Waals surface area contributed by atoms with Gasteiger partial charge >= 0.3 is 0 Å². The maximum Gasteiger partial charge on any atom is 0.229 e. The van der Waals surface area contributed by atoms with E-state index in [1.165, 1.54) is 0 Å². The zero-order valence-electron chi connectivity index (χ0n) is 11.1. The number of hydrogen-bond donors (Lipinski definition) is 1. The first kappa shape index (κ1) is 13.0. The summed E-state index contributed by atoms with van der Waals surface area (Å²) in [7, 11) is 3.77. The molecule has 0 amide bonds. The van der Waals surface area contributed by atoms with Crippen LogP contribution >= 0.6 is 0 Å². The van der Waals surface area contributed by atoms with Crippen LogP contribution < -0.4 is 10.6 Å². The van der Waals surface area contributed by atoms with Crippen molar-refractivity contribution in [3.05, 3.63) is 5.82 Å². The molecule has 1 aromatic rings. The van der Waals surface area contributed by atoms with Crippen LogP contribution in [0.1, 0.15) is 12.7 Å². The standard InChI is InChI=1S/C11H20N6O/c1-8-6-17(4-5-18-8)7-9-13-10(12)15-11(14-9)16(2)3/h8H,4-7H2,1-3H3,(H2,12,13,14,15)/t8-/m0/s1. The summed E-state index contributed by atoms with van der Waals surface area (Å²) in [4.78, 5) is 16.7. The van der Waals surface area contributed by atoms with Crippen molar-refractivity contribution >= 4 is 11.9 Å². The Hall–Kier alpha value is -1.47. The lowest BCUT2D eigenvalue weighted by Gasteiger charge is -2.30. The normalized spacial score (nSPS) is 20.9. The first-order chi connectivity index (χ1) is 8.54. The summed E-state index contributed by atoms with van der Waals surface area (Å²) in [5.74, 6) is 1.57. The van der Waals surface area contributed by atoms with Crippen molar-refractivity contribution in [3.8, 4) is 0 Å². The Morgan fingerprint density at radius 3 is 2.83 bits per heavy atom. The molecule has 100 valence electrons. The van der Waals surface area contributed by atoms with Crippen LogP contribution in [0.3, 0.4) is 0 Å². The Labute approximate surface area is 107 Å². The molecule has 0 unspecified atom stereocenters. The first-order valence-corrected chi connectivity index (χ1v) is 6.06. The van der Waals surface area contributed by atoms with Gasteiger partial charge < -0.3 is 15.4 Å². The molecule has 1 saturated heterocycles. The van der Waals surface area contributed by atoms with Crippen molar-refractivity contribution in [2.45, 2.75) is 19.6 Å². The lowest BCUT2D eigenvalue weighted by Crippen LogP contribution is -2.40. The van der Waals surface area contributed by atoms with E-state index >= 15 is 0 Å². The van der Waals surface area contributed by atoms with E-state index in [-0.39, 0.29) is 12.1 Å². The SMILES string of the molecule is C[C@H]1CN(Cc2nc(N)nc(N(C)C)n2)CCO1. The zero-order valence-corrected chi connectivity index (χ0v) is 11.1. The summed E-state index contributed by atoms with van der Waals surface area (Å²) in [6.07, 6.45) is 0.256. The molecule has 1 aliphatic heterocycles. The Morgan fingerprint density at radius 2 is 2.17 bits per heavy atom. The second-order valence-electron chi connectivity index (χ2n) is 4.72. The molecular formula is C11H20N6O. The van der Waals surface area contributed by atoms with Crippen LogP contribution in [-0.2, 0) is 11.3 Å². The van der Waals surface area contributed by atoms with Crippen LogP contribution in [0.25, 0.3) is 0 Å². The Morgan fingerprint density at radius 1 is 1.39 bits per heavy atom. The van der Waals surface area contributed by atoms with Crippen LogP contribution in [0, 0.1) is 0 Å². The zero-order chi connectivity index (χ0) is 13.1. The molecule has 0 spiro atoms. The minimum atomic E-state index is 0.256. The number of hydrogen-bond acceptors (Lipinski definition) is 7. The number of nitrogen functional groups attached to an aromatic ring is 1. The molecule has 0 radical (unpaired) electrons. The maximum absolute atomic E-state index is 5.70. The Balaban J connectivity index is 2.08. The van der Waals surface area contributed by atoms with E-state index in [0.717, 1.165) is 19.7 Å². The summed E-state index contributed by atoms with van der Waals surface area (Å²) in [6.45, 7) is 5.29. The van der Waals surface area contributed by atoms with Crippen LogP contribution in [-0.4, -0.2) is 59.7 Å². The summed E-state index contributed by atoms with van der Waals surface area (Å²) in [6, 6.07) is 0. The number of nitrogens with zero attached hydrogens (tertiary/aromatic N) is 5. The van der Waals surface area contributed by atoms with Gasteiger partial charge in [-0.15, -0.1) is 0 Å². The number of morpholine rings is 1. The van der Waals surface area contributed by atoms with E-state index in [9.17, 15) is 0 Å². The molecule has 7 nitrogen and oxygen atoms in total. The Bertz CT molecular complexity index is 411. The van der Waals surface area contributed by atoms with E-state index in [1.54, 1.807) is 0 Å². The van der Waals surface area contributed by atoms with Gasteiger partial charge in [-0.3, -0.25) is 4.90 Å². The minimum Gasteiger partial charge on any atom is -0.376 e. The average Bonchev–Trinajstić information content (AvgIpc) is 2.28. The summed E-state index contributed by atoms with van der Waals surface area (Å²) in [5.41, 5.74) is 5.70. The van der Waals surface area contributed by atoms with Gasteiger partial charge in [-0.1, -0.05) is 0 Å². The van der Waals surface area contributed by atoms with E-state index in [1.807, 2.05) is 19.0 Å². The van der Waals surface area contributed by atoms with Crippen molar-refractivity contribution in [1.82, 2.24) is 19.9 Å². The van der Waals surface area contributed by atoms with Gasteiger partial charge in [-0.2, -0.15) is 15.0 Å². The van der Waals surface area contributed by atoms with Gasteiger partial charge in [0.25, 0.3) is 0 Å². The molecule has 1 aliphatic rings. The van der Waals surface area contributed by atoms with Crippen molar-refractivity contribution in [2.24, 2.45) is 0 Å². The monoisotopic (exact) mass is 252 g/mol. The van der Waals surface area contributed by atoms with Gasteiger partial charge in [-0.05, 0) is 6.92 Å². The van der Waals surface area contributed by atoms with Gasteiger partial charge in [0.05, 0.1) is 19.3 Å². The average molecular weight is 252 g/mol. The minimum absolute atomic E-state index is 0.256. The molecule has 2 N–H and O–H groups in total. The van der Waals surface area contributed by atoms with Gasteiger partial charge in [0.1, 0.15) is 5.82 Å². The number of anilines is 2. The van der Waals surface area contributed by atoms with E-state index in [2.05, 4.69) is 26.8 Å². The third kappa shape index (κ3) is 3.27. The molecule has 1 fully saturated rings. The van der Waals surface area contributed by atoms with Gasteiger partial charge in [0, 0.05) is 27.2 Å². The van der Waals surface area contributed by atoms with Crippen molar-refractivity contribution < 1.29 is 4.74 Å². The lowest BCUT2D eigenvalue weighted by molar-refractivity contribution is -0.0219. The highest BCUT2D eigenvalue weighted by atomic mass is 16.5. The molecule has 1 atom stereocenters. The molecule has 0 bridgehead atoms. The fraction of sp³-hybridized carbons (Fsp3) is 0.727. The van der Waals surface area contributed by atoms with Crippen molar-refractivity contribution in [2.75, 3.05) is 44.4 Å². The number of ether oxygens (including phenoxy) is 1. The van der Waals surface area contributed by atoms with Gasteiger partial charge in [0.2, 0.25) is 11.9 Å². The van der Waals surface area contributed by atoms with E-state index in [0.29, 0.717) is 18.3 Å². The van der Waals surface area contributed by atoms with Crippen molar-refractivity contribution in [1.29, 1.82) is 0 Å². The molecule has 7 heteroatoms. The topological polar surface area (TPSA) is 80.4 Å². The first-order valence-electron chi connectivity index (χ1n) is 6.06. The smallest absolute Gasteiger partial charge is 0.229 e. The maximum atomic E-state index is 5.70. The summed E-state index contributed by atoms with van der Waals surface area (Å²) >= 11 is 0. The van der Waals surface area contributed by atoms with Crippen LogP contribution in [0.5, 0.6) is 0 Å². The quantitative estimate of drug-likeness (QED) is 0.793. The molecule has 1 aromatic heterocycles. The highest BCUT2D eigenvalue weighted by Crippen LogP contribution is 2.10. The Kier molecular flexibility index (Phi) is 3.93. The van der Waals surface area contributed by atoms with Gasteiger partial charge in [0.15, 0.2) is 0 Å². The molecule has 0 aromatic carbocycles. The lowest BCUT2D eigenvalue weighted by atomic mass is 10.3. The van der Waals surface area contributed by atoms with Crippen LogP contribution in [0.15, 0.2) is 0 Å². The molecular weight excluding hydrogens is 232 g/mol. The molecule has 2 heterocycles. The molecule has 18 heavy (non-hydrogen) atoms. The molecule has 2 rings (SSSR count). The molecule has 0 aliphatic carbocycles. The van der Waals surface area contributed by atoms with Crippen LogP contribution in [0.4, 0.5) is 11.9 Å². The van der Waals surface area contributed by atoms with Crippen LogP contribution in [0.2, 0.25) is 0 Å². The second-order valence-corrected chi connectivity index (χ2v) is 4.72. The largest absolute Gasteiger partial charge is 0.376 e. The summed E-state index contributed by atoms with van der Waals surface area (Å²) in [5, 5.41) is 0. The molecule has 0 saturated carbocycles. The van der Waals surface area contributed by atoms with E-state index in [4.69, 9.17) is 10.5 Å². The second kappa shape index (κ2) is 5.45. The fourth-order valence-electron chi connectivity index (χ4n) is 1.93. The number of nitrogens with two attached hydrogens (primary N) is 1. The highest BCUT2D eigenvalue weighted by Gasteiger charge is 2.18. The predicted octanol–water partition coefficient (Wildman–Crippen LogP) is -0.259. The number of rotatable bonds is 3. The third-order valence-electron chi connectivity index (χ3n) is 2.78. The number of aromatic nitrogens is 3. The third-order valence-corrected chi connectivity index (χ3v) is 2.78. The summed E-state index contributed by atoms with van der Waals surface area (Å²) < 4.78 is 5.50. The van der Waals surface area contributed by atoms with E-state index < -0.39 is 0 Å². The van der Waals surface area contributed by atoms with Gasteiger partial charge in [-0.25, -0.2) is 0 Å². The fourth-order valence-corrected chi connectivity index (χ4v) is 1.93. The predicted molar refractivity (Wildman–Crippen MR) is 69.3 cm³/mol.